The fourth-order valence-corrected chi connectivity index (χ4v) is 4.39. The summed E-state index contributed by atoms with van der Waals surface area (Å²) in [5.74, 6) is -2.05. The molecule has 0 saturated carbocycles. The van der Waals surface area contributed by atoms with E-state index in [0.29, 0.717) is 35.4 Å². The Morgan fingerprint density at radius 1 is 1.13 bits per heavy atom. The molecule has 0 radical (unpaired) electrons. The summed E-state index contributed by atoms with van der Waals surface area (Å²) in [6.07, 6.45) is 3.60. The van der Waals surface area contributed by atoms with E-state index in [1.54, 1.807) is 24.3 Å². The molecule has 2 aromatic carbocycles. The van der Waals surface area contributed by atoms with Crippen LogP contribution < -0.4 is 10.2 Å². The molecule has 1 amide bonds. The summed E-state index contributed by atoms with van der Waals surface area (Å²) in [6.45, 7) is 2.91. The lowest BCUT2D eigenvalue weighted by Gasteiger charge is -2.22. The number of halogens is 2. The highest BCUT2D eigenvalue weighted by Gasteiger charge is 2.22. The summed E-state index contributed by atoms with van der Waals surface area (Å²) in [5.41, 5.74) is 2.28. The van der Waals surface area contributed by atoms with Gasteiger partial charge in [0.25, 0.3) is 5.91 Å². The number of anilines is 1. The third kappa shape index (κ3) is 3.87. The molecule has 0 bridgehead atoms. The molecule has 0 spiro atoms. The van der Waals surface area contributed by atoms with Gasteiger partial charge in [-0.1, -0.05) is 6.07 Å². The van der Waals surface area contributed by atoms with Crippen LogP contribution in [0.15, 0.2) is 30.3 Å². The van der Waals surface area contributed by atoms with E-state index < -0.39 is 11.6 Å². The average Bonchev–Trinajstić information content (AvgIpc) is 3.46. The van der Waals surface area contributed by atoms with E-state index in [2.05, 4.69) is 20.4 Å². The highest BCUT2D eigenvalue weighted by atomic mass is 19.2. The molecule has 0 unspecified atom stereocenters. The van der Waals surface area contributed by atoms with Gasteiger partial charge in [0.2, 0.25) is 0 Å². The van der Waals surface area contributed by atoms with Crippen LogP contribution in [0.2, 0.25) is 0 Å². The number of amides is 1. The van der Waals surface area contributed by atoms with E-state index in [1.165, 1.54) is 6.07 Å². The molecule has 3 heterocycles. The third-order valence-electron chi connectivity index (χ3n) is 6.13. The molecule has 0 atom stereocenters. The Morgan fingerprint density at radius 3 is 2.68 bits per heavy atom. The predicted octanol–water partition coefficient (Wildman–Crippen LogP) is 4.02. The summed E-state index contributed by atoms with van der Waals surface area (Å²) < 4.78 is 34.5. The van der Waals surface area contributed by atoms with Gasteiger partial charge in [0.15, 0.2) is 17.3 Å². The van der Waals surface area contributed by atoms with Crippen LogP contribution >= 0.6 is 0 Å². The van der Waals surface area contributed by atoms with Gasteiger partial charge in [-0.05, 0) is 49.4 Å². The minimum Gasteiger partial charge on any atom is -0.381 e. The zero-order chi connectivity index (χ0) is 21.4. The second kappa shape index (κ2) is 8.26. The van der Waals surface area contributed by atoms with Crippen molar-refractivity contribution < 1.29 is 18.3 Å². The Hall–Kier alpha value is -3.00. The molecule has 162 valence electrons. The number of aromatic nitrogens is 2. The van der Waals surface area contributed by atoms with Crippen molar-refractivity contribution in [3.8, 4) is 11.1 Å². The first kappa shape index (κ1) is 19.9. The van der Waals surface area contributed by atoms with Gasteiger partial charge in [0.05, 0.1) is 5.52 Å². The Bertz CT molecular complexity index is 1120. The molecule has 8 heteroatoms. The van der Waals surface area contributed by atoms with Crippen molar-refractivity contribution in [1.29, 1.82) is 0 Å². The van der Waals surface area contributed by atoms with Gasteiger partial charge < -0.3 is 15.0 Å². The smallest absolute Gasteiger partial charge is 0.272 e. The standard InChI is InChI=1S/C23H24F2N4O2/c24-19-13-16(29-7-1-2-8-29)12-17(21(19)25)14-3-4-20-18(11-14)22(28-27-20)23(30)26-15-5-9-31-10-6-15/h3-4,11-13,15H,1-2,5-10H2,(H,26,30)(H,27,28). The summed E-state index contributed by atoms with van der Waals surface area (Å²) in [7, 11) is 0. The number of aromatic amines is 1. The number of rotatable bonds is 4. The first-order valence-corrected chi connectivity index (χ1v) is 10.7. The van der Waals surface area contributed by atoms with Crippen LogP contribution in [0.1, 0.15) is 36.2 Å². The van der Waals surface area contributed by atoms with E-state index in [0.717, 1.165) is 38.8 Å². The number of fused-ring (bicyclic) bond motifs is 1. The molecule has 0 aliphatic carbocycles. The topological polar surface area (TPSA) is 70.2 Å². The van der Waals surface area contributed by atoms with Crippen molar-refractivity contribution in [3.63, 3.8) is 0 Å². The third-order valence-corrected chi connectivity index (χ3v) is 6.13. The molecule has 2 saturated heterocycles. The summed E-state index contributed by atoms with van der Waals surface area (Å²) in [5, 5.41) is 10.6. The number of carbonyl (C=O) groups is 1. The summed E-state index contributed by atoms with van der Waals surface area (Å²) in [4.78, 5) is 14.9. The minimum absolute atomic E-state index is 0.0415. The lowest BCUT2D eigenvalue weighted by molar-refractivity contribution is 0.0695. The predicted molar refractivity (Wildman–Crippen MR) is 114 cm³/mol. The van der Waals surface area contributed by atoms with Crippen molar-refractivity contribution in [2.45, 2.75) is 31.7 Å². The zero-order valence-electron chi connectivity index (χ0n) is 17.1. The first-order chi connectivity index (χ1) is 15.1. The molecule has 2 fully saturated rings. The van der Waals surface area contributed by atoms with E-state index in [4.69, 9.17) is 4.74 Å². The quantitative estimate of drug-likeness (QED) is 0.661. The van der Waals surface area contributed by atoms with Crippen LogP contribution in [0, 0.1) is 11.6 Å². The van der Waals surface area contributed by atoms with E-state index in [9.17, 15) is 13.6 Å². The van der Waals surface area contributed by atoms with Crippen molar-refractivity contribution >= 4 is 22.5 Å². The van der Waals surface area contributed by atoms with Crippen LogP contribution in [0.4, 0.5) is 14.5 Å². The Kier molecular flexibility index (Phi) is 5.31. The van der Waals surface area contributed by atoms with Crippen LogP contribution in [0.5, 0.6) is 0 Å². The van der Waals surface area contributed by atoms with Crippen LogP contribution in [-0.2, 0) is 4.74 Å². The Balaban J connectivity index is 1.50. The SMILES string of the molecule is O=C(NC1CCOCC1)c1n[nH]c2ccc(-c3cc(N4CCCC4)cc(F)c3F)cc12. The van der Waals surface area contributed by atoms with Gasteiger partial charge in [0.1, 0.15) is 0 Å². The van der Waals surface area contributed by atoms with Crippen molar-refractivity contribution in [2.75, 3.05) is 31.2 Å². The summed E-state index contributed by atoms with van der Waals surface area (Å²) in [6, 6.07) is 8.14. The number of nitrogens with one attached hydrogen (secondary N) is 2. The molecule has 1 aromatic heterocycles. The van der Waals surface area contributed by atoms with Gasteiger partial charge in [-0.2, -0.15) is 5.10 Å². The largest absolute Gasteiger partial charge is 0.381 e. The second-order valence-corrected chi connectivity index (χ2v) is 8.18. The highest BCUT2D eigenvalue weighted by Crippen LogP contribution is 2.33. The maximum absolute atomic E-state index is 14.7. The highest BCUT2D eigenvalue weighted by molar-refractivity contribution is 6.05. The number of H-pyrrole nitrogens is 1. The van der Waals surface area contributed by atoms with Crippen LogP contribution in [0.25, 0.3) is 22.0 Å². The number of ether oxygens (including phenoxy) is 1. The molecule has 6 nitrogen and oxygen atoms in total. The first-order valence-electron chi connectivity index (χ1n) is 10.7. The number of hydrogen-bond donors (Lipinski definition) is 2. The maximum Gasteiger partial charge on any atom is 0.272 e. The van der Waals surface area contributed by atoms with Gasteiger partial charge >= 0.3 is 0 Å². The second-order valence-electron chi connectivity index (χ2n) is 8.18. The molecule has 31 heavy (non-hydrogen) atoms. The minimum atomic E-state index is -0.890. The average molecular weight is 426 g/mol. The van der Waals surface area contributed by atoms with Crippen LogP contribution in [-0.4, -0.2) is 48.4 Å². The van der Waals surface area contributed by atoms with Crippen molar-refractivity contribution in [1.82, 2.24) is 15.5 Å². The van der Waals surface area contributed by atoms with E-state index in [-0.39, 0.29) is 23.2 Å². The monoisotopic (exact) mass is 426 g/mol. The molecule has 5 rings (SSSR count). The van der Waals surface area contributed by atoms with Gasteiger partial charge in [0, 0.05) is 55.0 Å². The van der Waals surface area contributed by atoms with Crippen molar-refractivity contribution in [3.05, 3.63) is 47.7 Å². The van der Waals surface area contributed by atoms with Gasteiger partial charge in [-0.25, -0.2) is 8.78 Å². The molecule has 2 N–H and O–H groups in total. The number of nitrogens with zero attached hydrogens (tertiary/aromatic N) is 2. The molecule has 2 aliphatic rings. The molecule has 2 aliphatic heterocycles. The van der Waals surface area contributed by atoms with Gasteiger partial charge in [-0.3, -0.25) is 9.89 Å². The number of hydrogen-bond acceptors (Lipinski definition) is 4. The lowest BCUT2D eigenvalue weighted by atomic mass is 10.0. The molecule has 3 aromatic rings. The molecular weight excluding hydrogens is 402 g/mol. The lowest BCUT2D eigenvalue weighted by Crippen LogP contribution is -2.39. The Labute approximate surface area is 178 Å². The van der Waals surface area contributed by atoms with E-state index in [1.807, 2.05) is 0 Å². The number of benzene rings is 2. The Morgan fingerprint density at radius 2 is 1.90 bits per heavy atom. The normalized spacial score (nSPS) is 17.4. The van der Waals surface area contributed by atoms with Crippen LogP contribution in [0.3, 0.4) is 0 Å². The van der Waals surface area contributed by atoms with Gasteiger partial charge in [-0.15, -0.1) is 0 Å². The fraction of sp³-hybridized carbons (Fsp3) is 0.391. The van der Waals surface area contributed by atoms with Crippen molar-refractivity contribution in [2.24, 2.45) is 0 Å². The molecular formula is C23H24F2N4O2. The maximum atomic E-state index is 14.7. The summed E-state index contributed by atoms with van der Waals surface area (Å²) >= 11 is 0. The fourth-order valence-electron chi connectivity index (χ4n) is 4.39. The van der Waals surface area contributed by atoms with E-state index >= 15 is 0 Å². The zero-order valence-corrected chi connectivity index (χ0v) is 17.1. The number of carbonyl (C=O) groups excluding carboxylic acids is 1.